The molecule has 42 heavy (non-hydrogen) atoms. The predicted octanol–water partition coefficient (Wildman–Crippen LogP) is 3.24. The van der Waals surface area contributed by atoms with E-state index in [0.29, 0.717) is 37.9 Å². The Morgan fingerprint density at radius 1 is 1.05 bits per heavy atom. The van der Waals surface area contributed by atoms with E-state index in [-0.39, 0.29) is 37.1 Å². The van der Waals surface area contributed by atoms with Gasteiger partial charge < -0.3 is 14.7 Å². The van der Waals surface area contributed by atoms with Gasteiger partial charge in [-0.3, -0.25) is 29.3 Å². The lowest BCUT2D eigenvalue weighted by Crippen LogP contribution is -2.52. The molecule has 2 aliphatic rings. The van der Waals surface area contributed by atoms with Crippen molar-refractivity contribution in [2.24, 2.45) is 0 Å². The zero-order chi connectivity index (χ0) is 29.6. The lowest BCUT2D eigenvalue weighted by molar-refractivity contribution is -0.137. The summed E-state index contributed by atoms with van der Waals surface area (Å²) in [5.74, 6) is 5.27. The maximum atomic E-state index is 13.0. The van der Waals surface area contributed by atoms with E-state index in [9.17, 15) is 24.0 Å². The maximum Gasteiger partial charge on any atom is 0.255 e. The molecule has 1 N–H and O–H groups in total. The van der Waals surface area contributed by atoms with Crippen LogP contribution >= 0.6 is 0 Å². The number of amides is 5. The molecule has 2 aliphatic heterocycles. The van der Waals surface area contributed by atoms with Crippen LogP contribution in [0.15, 0.2) is 60.7 Å². The van der Waals surface area contributed by atoms with E-state index in [2.05, 4.69) is 17.2 Å². The zero-order valence-corrected chi connectivity index (χ0v) is 23.5. The van der Waals surface area contributed by atoms with Crippen LogP contribution in [0.25, 0.3) is 10.8 Å². The Balaban J connectivity index is 1.11. The third kappa shape index (κ3) is 6.18. The zero-order valence-electron chi connectivity index (χ0n) is 23.5. The third-order valence-electron chi connectivity index (χ3n) is 7.78. The molecule has 0 spiro atoms. The fourth-order valence-corrected chi connectivity index (χ4v) is 5.39. The van der Waals surface area contributed by atoms with E-state index >= 15 is 0 Å². The molecule has 9 nitrogen and oxygen atoms in total. The Hall–Kier alpha value is -4.97. The average molecular weight is 565 g/mol. The highest BCUT2D eigenvalue weighted by Gasteiger charge is 2.39. The molecule has 5 amide bonds. The van der Waals surface area contributed by atoms with Crippen molar-refractivity contribution in [3.8, 4) is 11.8 Å². The first-order valence-electron chi connectivity index (χ1n) is 14.1. The minimum absolute atomic E-state index is 0.0523. The summed E-state index contributed by atoms with van der Waals surface area (Å²) in [5.41, 5.74) is 2.81. The number of fused-ring (bicyclic) bond motifs is 2. The van der Waals surface area contributed by atoms with E-state index in [1.165, 1.54) is 4.90 Å². The number of carbonyl (C=O) groups is 5. The molecular weight excluding hydrogens is 532 g/mol. The van der Waals surface area contributed by atoms with Crippen LogP contribution in [0.2, 0.25) is 0 Å². The second-order valence-corrected chi connectivity index (χ2v) is 10.5. The fraction of sp³-hybridized carbons (Fsp3) is 0.303. The lowest BCUT2D eigenvalue weighted by Gasteiger charge is -2.29. The number of hydrogen-bond acceptors (Lipinski definition) is 5. The molecule has 0 aliphatic carbocycles. The molecule has 0 radical (unpaired) electrons. The summed E-state index contributed by atoms with van der Waals surface area (Å²) in [6, 6.07) is 18.4. The number of rotatable bonds is 9. The number of hydrogen-bond donors (Lipinski definition) is 1. The smallest absolute Gasteiger partial charge is 0.255 e. The molecule has 5 rings (SSSR count). The van der Waals surface area contributed by atoms with Gasteiger partial charge in [-0.15, -0.1) is 0 Å². The molecule has 0 aromatic heterocycles. The number of benzene rings is 3. The highest BCUT2D eigenvalue weighted by atomic mass is 16.2. The van der Waals surface area contributed by atoms with E-state index < -0.39 is 11.9 Å². The standard InChI is InChI=1S/C33H32N4O5/c1-35(31(40)17-19-36(22-38)26-14-13-23-8-4-5-10-25(23)20-26)18-6-2-3-9-24-11-7-12-27-28(24)21-37(33(27)42)29-15-16-30(39)34-32(29)41/h4-5,7-8,10-14,20,22,29H,2,6,15-19,21H2,1H3,(H,34,39,41). The van der Waals surface area contributed by atoms with E-state index in [1.54, 1.807) is 29.0 Å². The van der Waals surface area contributed by atoms with E-state index in [1.807, 2.05) is 48.5 Å². The topological polar surface area (TPSA) is 107 Å². The molecule has 2 heterocycles. The minimum Gasteiger partial charge on any atom is -0.346 e. The number of carbonyl (C=O) groups excluding carboxylic acids is 5. The van der Waals surface area contributed by atoms with Gasteiger partial charge in [0.15, 0.2) is 0 Å². The van der Waals surface area contributed by atoms with Gasteiger partial charge in [-0.2, -0.15) is 0 Å². The normalized spacial score (nSPS) is 16.0. The van der Waals surface area contributed by atoms with Gasteiger partial charge in [0.05, 0.1) is 0 Å². The summed E-state index contributed by atoms with van der Waals surface area (Å²) in [4.78, 5) is 66.0. The highest BCUT2D eigenvalue weighted by molar-refractivity contribution is 6.05. The largest absolute Gasteiger partial charge is 0.346 e. The quantitative estimate of drug-likeness (QED) is 0.186. The molecule has 0 bridgehead atoms. The molecule has 0 saturated carbocycles. The van der Waals surface area contributed by atoms with Crippen LogP contribution < -0.4 is 10.2 Å². The van der Waals surface area contributed by atoms with Crippen LogP contribution in [-0.4, -0.2) is 66.0 Å². The number of imide groups is 1. The maximum absolute atomic E-state index is 13.0. The van der Waals surface area contributed by atoms with Crippen LogP contribution in [0.5, 0.6) is 0 Å². The van der Waals surface area contributed by atoms with Gasteiger partial charge in [0.1, 0.15) is 6.04 Å². The monoisotopic (exact) mass is 564 g/mol. The summed E-state index contributed by atoms with van der Waals surface area (Å²) in [6.07, 6.45) is 2.72. The van der Waals surface area contributed by atoms with E-state index in [4.69, 9.17) is 0 Å². The Morgan fingerprint density at radius 3 is 2.64 bits per heavy atom. The van der Waals surface area contributed by atoms with Crippen molar-refractivity contribution in [2.75, 3.05) is 25.0 Å². The van der Waals surface area contributed by atoms with Gasteiger partial charge in [0.25, 0.3) is 5.91 Å². The van der Waals surface area contributed by atoms with E-state index in [0.717, 1.165) is 34.0 Å². The number of unbranched alkanes of at least 4 members (excludes halogenated alkanes) is 1. The highest BCUT2D eigenvalue weighted by Crippen LogP contribution is 2.29. The van der Waals surface area contributed by atoms with Crippen LogP contribution in [0, 0.1) is 11.8 Å². The molecule has 1 unspecified atom stereocenters. The van der Waals surface area contributed by atoms with Crippen molar-refractivity contribution in [2.45, 2.75) is 44.7 Å². The Bertz CT molecular complexity index is 1620. The van der Waals surface area contributed by atoms with Crippen LogP contribution in [0.1, 0.15) is 53.6 Å². The number of anilines is 1. The molecule has 1 saturated heterocycles. The Labute approximate surface area is 244 Å². The average Bonchev–Trinajstić information content (AvgIpc) is 3.33. The van der Waals surface area contributed by atoms with Crippen LogP contribution in [0.4, 0.5) is 5.69 Å². The Kier molecular flexibility index (Phi) is 8.63. The Morgan fingerprint density at radius 2 is 1.86 bits per heavy atom. The number of piperidine rings is 1. The summed E-state index contributed by atoms with van der Waals surface area (Å²) in [5, 5.41) is 4.44. The van der Waals surface area contributed by atoms with Crippen molar-refractivity contribution < 1.29 is 24.0 Å². The SMILES string of the molecule is CN(CCCC#Cc1cccc2c1CN(C1CCC(=O)NC1=O)C2=O)C(=O)CCN(C=O)c1ccc2ccccc2c1. The predicted molar refractivity (Wildman–Crippen MR) is 158 cm³/mol. The second-order valence-electron chi connectivity index (χ2n) is 10.5. The van der Waals surface area contributed by atoms with Crippen LogP contribution in [-0.2, 0) is 25.7 Å². The van der Waals surface area contributed by atoms with Crippen molar-refractivity contribution in [3.63, 3.8) is 0 Å². The first kappa shape index (κ1) is 28.6. The number of nitrogens with zero attached hydrogens (tertiary/aromatic N) is 3. The van der Waals surface area contributed by atoms with Crippen molar-refractivity contribution >= 4 is 46.5 Å². The molecule has 1 atom stereocenters. The van der Waals surface area contributed by atoms with Gasteiger partial charge in [0.2, 0.25) is 24.1 Å². The molecular formula is C33H32N4O5. The van der Waals surface area contributed by atoms with Gasteiger partial charge in [-0.05, 0) is 53.4 Å². The molecule has 1 fully saturated rings. The first-order chi connectivity index (χ1) is 20.4. The fourth-order valence-electron chi connectivity index (χ4n) is 5.39. The van der Waals surface area contributed by atoms with Crippen molar-refractivity contribution in [3.05, 3.63) is 77.4 Å². The summed E-state index contributed by atoms with van der Waals surface area (Å²) < 4.78 is 0. The lowest BCUT2D eigenvalue weighted by atomic mass is 10.0. The molecule has 3 aromatic carbocycles. The third-order valence-corrected chi connectivity index (χ3v) is 7.78. The second kappa shape index (κ2) is 12.7. The molecule has 3 aromatic rings. The first-order valence-corrected chi connectivity index (χ1v) is 14.1. The van der Waals surface area contributed by atoms with Gasteiger partial charge in [-0.25, -0.2) is 0 Å². The van der Waals surface area contributed by atoms with Gasteiger partial charge >= 0.3 is 0 Å². The van der Waals surface area contributed by atoms with Crippen LogP contribution in [0.3, 0.4) is 0 Å². The van der Waals surface area contributed by atoms with Gasteiger partial charge in [-0.1, -0.05) is 48.2 Å². The number of nitrogens with one attached hydrogen (secondary N) is 1. The molecule has 9 heteroatoms. The minimum atomic E-state index is -0.664. The summed E-state index contributed by atoms with van der Waals surface area (Å²) >= 11 is 0. The van der Waals surface area contributed by atoms with Gasteiger partial charge in [0, 0.05) is 62.8 Å². The summed E-state index contributed by atoms with van der Waals surface area (Å²) in [6.45, 7) is 1.09. The molecule has 214 valence electrons. The summed E-state index contributed by atoms with van der Waals surface area (Å²) in [7, 11) is 1.75. The van der Waals surface area contributed by atoms with Crippen molar-refractivity contribution in [1.29, 1.82) is 0 Å². The van der Waals surface area contributed by atoms with Crippen molar-refractivity contribution in [1.82, 2.24) is 15.1 Å².